The zero-order chi connectivity index (χ0) is 16.3. The summed E-state index contributed by atoms with van der Waals surface area (Å²) in [6, 6.07) is 0. The summed E-state index contributed by atoms with van der Waals surface area (Å²) in [7, 11) is 0. The number of allylic oxidation sites excluding steroid dienone is 3. The first-order chi connectivity index (χ1) is 10.3. The van der Waals surface area contributed by atoms with Crippen LogP contribution in [0.15, 0.2) is 23.3 Å². The maximum absolute atomic E-state index is 13.0. The highest BCUT2D eigenvalue weighted by atomic mass is 35.5. The lowest BCUT2D eigenvalue weighted by Gasteiger charge is -2.14. The Kier molecular flexibility index (Phi) is 5.12. The molecule has 0 aliphatic heterocycles. The van der Waals surface area contributed by atoms with Gasteiger partial charge in [0.2, 0.25) is 5.88 Å². The van der Waals surface area contributed by atoms with Crippen LogP contribution in [0.4, 0.5) is 13.2 Å². The maximum atomic E-state index is 13.0. The van der Waals surface area contributed by atoms with Gasteiger partial charge in [-0.2, -0.15) is 18.2 Å². The zero-order valence-electron chi connectivity index (χ0n) is 11.2. The Bertz CT molecular complexity index is 638. The van der Waals surface area contributed by atoms with Gasteiger partial charge in [-0.25, -0.2) is 0 Å². The van der Waals surface area contributed by atoms with Gasteiger partial charge < -0.3 is 10.5 Å². The van der Waals surface area contributed by atoms with Gasteiger partial charge in [-0.05, 0) is 24.8 Å². The maximum Gasteiger partial charge on any atom is 0.416 e. The predicted molar refractivity (Wildman–Crippen MR) is 77.2 cm³/mol. The first kappa shape index (κ1) is 16.8. The number of nitrogens with two attached hydrogens (primary N) is 1. The number of primary amides is 1. The Morgan fingerprint density at radius 2 is 2.23 bits per heavy atom. The van der Waals surface area contributed by atoms with Crippen molar-refractivity contribution in [1.29, 1.82) is 0 Å². The molecule has 2 N–H and O–H groups in total. The van der Waals surface area contributed by atoms with Gasteiger partial charge >= 0.3 is 6.18 Å². The van der Waals surface area contributed by atoms with Crippen molar-refractivity contribution in [3.05, 3.63) is 32.6 Å². The van der Waals surface area contributed by atoms with E-state index in [1.165, 1.54) is 6.08 Å². The van der Waals surface area contributed by atoms with Crippen molar-refractivity contribution in [1.82, 2.24) is 4.98 Å². The Balaban J connectivity index is 2.23. The highest BCUT2D eigenvalue weighted by Crippen LogP contribution is 2.34. The lowest BCUT2D eigenvalue weighted by molar-refractivity contribution is -0.0894. The molecule has 1 aliphatic carbocycles. The standard InChI is InChI=1S/C13H12ClF3N2O2S/c14-12-19-11(9(22-12)10(18)20)21-6-7-4-2-1-3-5-8(7)13(15,16)17/h3,5H,1-2,4,6H2,(H2,18,20). The number of aromatic nitrogens is 1. The number of thiazole rings is 1. The van der Waals surface area contributed by atoms with Gasteiger partial charge in [-0.15, -0.1) is 0 Å². The number of ether oxygens (including phenoxy) is 1. The zero-order valence-corrected chi connectivity index (χ0v) is 12.8. The van der Waals surface area contributed by atoms with Crippen LogP contribution < -0.4 is 10.5 Å². The second-order valence-corrected chi connectivity index (χ2v) is 6.14. The molecule has 0 spiro atoms. The molecule has 0 saturated heterocycles. The summed E-state index contributed by atoms with van der Waals surface area (Å²) >= 11 is 6.50. The average molecular weight is 353 g/mol. The van der Waals surface area contributed by atoms with Crippen LogP contribution in [0.3, 0.4) is 0 Å². The third-order valence-corrected chi connectivity index (χ3v) is 4.15. The van der Waals surface area contributed by atoms with Crippen molar-refractivity contribution in [2.24, 2.45) is 5.73 Å². The molecule has 0 atom stereocenters. The highest BCUT2D eigenvalue weighted by Gasteiger charge is 2.35. The van der Waals surface area contributed by atoms with E-state index in [1.807, 2.05) is 0 Å². The molecule has 0 bridgehead atoms. The van der Waals surface area contributed by atoms with Crippen molar-refractivity contribution in [3.8, 4) is 5.88 Å². The molecule has 0 saturated carbocycles. The third-order valence-electron chi connectivity index (χ3n) is 3.00. The molecule has 1 aromatic heterocycles. The van der Waals surface area contributed by atoms with Crippen LogP contribution in [-0.2, 0) is 0 Å². The summed E-state index contributed by atoms with van der Waals surface area (Å²) in [5, 5.41) is 0. The summed E-state index contributed by atoms with van der Waals surface area (Å²) < 4.78 is 44.4. The molecule has 1 heterocycles. The van der Waals surface area contributed by atoms with E-state index in [4.69, 9.17) is 22.1 Å². The van der Waals surface area contributed by atoms with E-state index in [2.05, 4.69) is 4.98 Å². The van der Waals surface area contributed by atoms with Crippen LogP contribution in [0.5, 0.6) is 5.88 Å². The van der Waals surface area contributed by atoms with Crippen molar-refractivity contribution in [2.45, 2.75) is 25.4 Å². The minimum Gasteiger partial charge on any atom is -0.472 e. The van der Waals surface area contributed by atoms with E-state index in [1.54, 1.807) is 0 Å². The van der Waals surface area contributed by atoms with Crippen LogP contribution >= 0.6 is 22.9 Å². The van der Waals surface area contributed by atoms with E-state index >= 15 is 0 Å². The van der Waals surface area contributed by atoms with Crippen LogP contribution in [0.2, 0.25) is 4.47 Å². The number of nitrogens with zero attached hydrogens (tertiary/aromatic N) is 1. The van der Waals surface area contributed by atoms with Crippen molar-refractivity contribution in [2.75, 3.05) is 6.61 Å². The third kappa shape index (κ3) is 4.01. The van der Waals surface area contributed by atoms with E-state index in [9.17, 15) is 18.0 Å². The first-order valence-electron chi connectivity index (χ1n) is 6.33. The molecular weight excluding hydrogens is 341 g/mol. The second kappa shape index (κ2) is 6.70. The Hall–Kier alpha value is -1.54. The molecule has 4 nitrogen and oxygen atoms in total. The number of amides is 1. The molecule has 0 aromatic carbocycles. The molecule has 0 unspecified atom stereocenters. The molecule has 120 valence electrons. The number of carbonyl (C=O) groups is 1. The number of hydrogen-bond acceptors (Lipinski definition) is 4. The Morgan fingerprint density at radius 3 is 2.86 bits per heavy atom. The van der Waals surface area contributed by atoms with E-state index < -0.39 is 17.7 Å². The van der Waals surface area contributed by atoms with Crippen LogP contribution in [0.1, 0.15) is 28.9 Å². The SMILES string of the molecule is NC(=O)c1sc(Cl)nc1OCC1=C(C(F)(F)F)C=CCCC1. The monoisotopic (exact) mass is 352 g/mol. The Labute approximate surface area is 133 Å². The fraction of sp³-hybridized carbons (Fsp3) is 0.385. The minimum atomic E-state index is -4.45. The van der Waals surface area contributed by atoms with Crippen molar-refractivity contribution < 1.29 is 22.7 Å². The van der Waals surface area contributed by atoms with E-state index in [0.29, 0.717) is 12.8 Å². The van der Waals surface area contributed by atoms with Crippen molar-refractivity contribution in [3.63, 3.8) is 0 Å². The second-order valence-electron chi connectivity index (χ2n) is 4.56. The predicted octanol–water partition coefficient (Wildman–Crippen LogP) is 3.87. The molecule has 0 radical (unpaired) electrons. The Morgan fingerprint density at radius 1 is 1.50 bits per heavy atom. The van der Waals surface area contributed by atoms with Crippen LogP contribution in [-0.4, -0.2) is 23.7 Å². The number of halogens is 4. The van der Waals surface area contributed by atoms with Gasteiger partial charge in [0.15, 0.2) is 9.34 Å². The lowest BCUT2D eigenvalue weighted by atomic mass is 10.1. The molecule has 2 rings (SSSR count). The van der Waals surface area contributed by atoms with Crippen LogP contribution in [0.25, 0.3) is 0 Å². The summed E-state index contributed by atoms with van der Waals surface area (Å²) in [5.41, 5.74) is 4.54. The molecule has 9 heteroatoms. The largest absolute Gasteiger partial charge is 0.472 e. The van der Waals surface area contributed by atoms with Gasteiger partial charge in [0.25, 0.3) is 5.91 Å². The normalized spacial score (nSPS) is 15.8. The summed E-state index contributed by atoms with van der Waals surface area (Å²) in [4.78, 5) is 15.0. The summed E-state index contributed by atoms with van der Waals surface area (Å²) in [6.45, 7) is -0.320. The van der Waals surface area contributed by atoms with Crippen molar-refractivity contribution >= 4 is 28.8 Å². The molecule has 22 heavy (non-hydrogen) atoms. The topological polar surface area (TPSA) is 65.2 Å². The molecule has 1 aromatic rings. The summed E-state index contributed by atoms with van der Waals surface area (Å²) in [5.74, 6) is -0.921. The van der Waals surface area contributed by atoms with Crippen LogP contribution in [0, 0.1) is 0 Å². The lowest BCUT2D eigenvalue weighted by Crippen LogP contribution is -2.17. The number of carbonyl (C=O) groups excluding carboxylic acids is 1. The van der Waals surface area contributed by atoms with Gasteiger partial charge in [-0.1, -0.05) is 35.1 Å². The first-order valence-corrected chi connectivity index (χ1v) is 7.53. The number of alkyl halides is 3. The quantitative estimate of drug-likeness (QED) is 0.894. The summed E-state index contributed by atoms with van der Waals surface area (Å²) in [6.07, 6.45) is -0.482. The molecule has 1 amide bonds. The van der Waals surface area contributed by atoms with Gasteiger partial charge in [0.05, 0.1) is 5.57 Å². The molecule has 1 aliphatic rings. The minimum absolute atomic E-state index is 0.0108. The molecule has 0 fully saturated rings. The number of hydrogen-bond donors (Lipinski definition) is 1. The smallest absolute Gasteiger partial charge is 0.416 e. The van der Waals surface area contributed by atoms with Gasteiger partial charge in [-0.3, -0.25) is 4.79 Å². The van der Waals surface area contributed by atoms with E-state index in [-0.39, 0.29) is 33.8 Å². The highest BCUT2D eigenvalue weighted by molar-refractivity contribution is 7.17. The number of rotatable bonds is 4. The molecular formula is C13H12ClF3N2O2S. The fourth-order valence-electron chi connectivity index (χ4n) is 2.02. The average Bonchev–Trinajstić information content (AvgIpc) is 2.64. The van der Waals surface area contributed by atoms with E-state index in [0.717, 1.165) is 17.4 Å². The van der Waals surface area contributed by atoms with Gasteiger partial charge in [0.1, 0.15) is 6.61 Å². The van der Waals surface area contributed by atoms with Gasteiger partial charge in [0, 0.05) is 0 Å². The fourth-order valence-corrected chi connectivity index (χ4v) is 2.92.